The zero-order valence-electron chi connectivity index (χ0n) is 21.1. The molecule has 33 heavy (non-hydrogen) atoms. The van der Waals surface area contributed by atoms with E-state index in [0.717, 1.165) is 42.4 Å². The molecule has 5 N–H and O–H groups in total. The van der Waals surface area contributed by atoms with Gasteiger partial charge >= 0.3 is 0 Å². The quantitative estimate of drug-likeness (QED) is 0.285. The van der Waals surface area contributed by atoms with Crippen LogP contribution in [-0.2, 0) is 4.74 Å². The predicted molar refractivity (Wildman–Crippen MR) is 136 cm³/mol. The van der Waals surface area contributed by atoms with Crippen LogP contribution in [0.4, 0.5) is 0 Å². The van der Waals surface area contributed by atoms with Crippen molar-refractivity contribution < 1.29 is 9.84 Å². The number of unbranched alkanes of at least 4 members (excludes halogenated alkanes) is 2. The summed E-state index contributed by atoms with van der Waals surface area (Å²) >= 11 is 0. The van der Waals surface area contributed by atoms with E-state index in [0.29, 0.717) is 11.5 Å². The van der Waals surface area contributed by atoms with Crippen LogP contribution in [0.2, 0.25) is 0 Å². The molecule has 0 heterocycles. The van der Waals surface area contributed by atoms with E-state index in [1.807, 2.05) is 0 Å². The minimum atomic E-state index is -1.33. The molecule has 4 aliphatic carbocycles. The van der Waals surface area contributed by atoms with Gasteiger partial charge in [-0.25, -0.2) is 0 Å². The first-order valence-corrected chi connectivity index (χ1v) is 14.3. The molecule has 0 aliphatic heterocycles. The molecule has 0 aromatic carbocycles. The topological polar surface area (TPSA) is 81.5 Å². The lowest BCUT2D eigenvalue weighted by molar-refractivity contribution is 0.0408. The molecule has 0 spiro atoms. The number of hydrogen-bond acceptors (Lipinski definition) is 4. The van der Waals surface area contributed by atoms with Gasteiger partial charge in [0.05, 0.1) is 11.8 Å². The van der Waals surface area contributed by atoms with Gasteiger partial charge in [-0.1, -0.05) is 45.4 Å². The van der Waals surface area contributed by atoms with Crippen LogP contribution < -0.4 is 11.5 Å². The second-order valence-corrected chi connectivity index (χ2v) is 12.0. The molecule has 4 nitrogen and oxygen atoms in total. The fourth-order valence-electron chi connectivity index (χ4n) is 7.47. The lowest BCUT2D eigenvalue weighted by atomic mass is 9.65. The average molecular weight is 459 g/mol. The van der Waals surface area contributed by atoms with Crippen molar-refractivity contribution in [2.75, 3.05) is 0 Å². The molecule has 0 bridgehead atoms. The van der Waals surface area contributed by atoms with Crippen LogP contribution in [0.25, 0.3) is 0 Å². The predicted octanol–water partition coefficient (Wildman–Crippen LogP) is 6.53. The van der Waals surface area contributed by atoms with E-state index >= 15 is 0 Å². The molecule has 3 saturated carbocycles. The van der Waals surface area contributed by atoms with Crippen molar-refractivity contribution in [1.29, 1.82) is 0 Å². The molecule has 0 aromatic heterocycles. The maximum absolute atomic E-state index is 9.92. The number of allylic oxidation sites excluding steroid dienone is 1. The molecule has 3 fully saturated rings. The zero-order valence-corrected chi connectivity index (χ0v) is 21.1. The first-order valence-electron chi connectivity index (χ1n) is 14.3. The Labute approximate surface area is 202 Å². The minimum absolute atomic E-state index is 0.248. The van der Waals surface area contributed by atoms with Crippen LogP contribution in [-0.4, -0.2) is 16.9 Å². The van der Waals surface area contributed by atoms with E-state index in [1.54, 1.807) is 12.2 Å². The first-order chi connectivity index (χ1) is 15.9. The molecule has 0 radical (unpaired) electrons. The molecule has 0 amide bonds. The third-order valence-corrected chi connectivity index (χ3v) is 9.58. The van der Waals surface area contributed by atoms with Crippen molar-refractivity contribution in [1.82, 2.24) is 0 Å². The molecular formula is C29H50N2O2. The van der Waals surface area contributed by atoms with E-state index in [1.165, 1.54) is 89.9 Å². The lowest BCUT2D eigenvalue weighted by Crippen LogP contribution is -2.40. The van der Waals surface area contributed by atoms with Crippen LogP contribution in [0.1, 0.15) is 116 Å². The summed E-state index contributed by atoms with van der Waals surface area (Å²) in [5, 5.41) is 9.92. The second kappa shape index (κ2) is 11.6. The van der Waals surface area contributed by atoms with E-state index in [2.05, 4.69) is 6.92 Å². The Morgan fingerprint density at radius 3 is 1.88 bits per heavy atom. The summed E-state index contributed by atoms with van der Waals surface area (Å²) in [5.74, 6) is 5.64. The highest BCUT2D eigenvalue weighted by atomic mass is 16.5. The summed E-state index contributed by atoms with van der Waals surface area (Å²) in [6, 6.07) is 0. The van der Waals surface area contributed by atoms with Crippen molar-refractivity contribution in [2.45, 2.75) is 128 Å². The van der Waals surface area contributed by atoms with Crippen LogP contribution in [0.3, 0.4) is 0 Å². The summed E-state index contributed by atoms with van der Waals surface area (Å²) in [7, 11) is 0. The third kappa shape index (κ3) is 7.01. The number of hydrogen-bond donors (Lipinski definition) is 3. The number of aliphatic hydroxyl groups is 1. The molecule has 1 unspecified atom stereocenters. The highest BCUT2D eigenvalue weighted by molar-refractivity contribution is 5.27. The second-order valence-electron chi connectivity index (χ2n) is 12.0. The Morgan fingerprint density at radius 1 is 0.848 bits per heavy atom. The summed E-state index contributed by atoms with van der Waals surface area (Å²) in [4.78, 5) is 0. The Hall–Kier alpha value is -1.00. The van der Waals surface area contributed by atoms with Crippen LogP contribution in [0, 0.1) is 29.6 Å². The van der Waals surface area contributed by atoms with Crippen molar-refractivity contribution in [2.24, 2.45) is 41.1 Å². The maximum Gasteiger partial charge on any atom is 0.138 e. The van der Waals surface area contributed by atoms with Gasteiger partial charge in [-0.3, -0.25) is 5.73 Å². The van der Waals surface area contributed by atoms with Crippen LogP contribution in [0.15, 0.2) is 23.6 Å². The monoisotopic (exact) mass is 458 g/mol. The van der Waals surface area contributed by atoms with Gasteiger partial charge in [-0.2, -0.15) is 0 Å². The van der Waals surface area contributed by atoms with E-state index in [9.17, 15) is 5.11 Å². The first kappa shape index (κ1) is 25.1. The summed E-state index contributed by atoms with van der Waals surface area (Å²) in [5.41, 5.74) is 11.1. The van der Waals surface area contributed by atoms with Gasteiger partial charge in [0.15, 0.2) is 0 Å². The van der Waals surface area contributed by atoms with E-state index in [-0.39, 0.29) is 12.5 Å². The normalized spacial score (nSPS) is 40.1. The van der Waals surface area contributed by atoms with Crippen molar-refractivity contribution in [3.63, 3.8) is 0 Å². The minimum Gasteiger partial charge on any atom is -0.489 e. The molecule has 188 valence electrons. The molecule has 4 rings (SSSR count). The summed E-state index contributed by atoms with van der Waals surface area (Å²) < 4.78 is 6.21. The number of ether oxygens (including phenoxy) is 1. The molecular weight excluding hydrogens is 408 g/mol. The van der Waals surface area contributed by atoms with Gasteiger partial charge < -0.3 is 15.6 Å². The Balaban J connectivity index is 1.14. The third-order valence-electron chi connectivity index (χ3n) is 9.58. The smallest absolute Gasteiger partial charge is 0.138 e. The number of rotatable bonds is 8. The summed E-state index contributed by atoms with van der Waals surface area (Å²) in [6.45, 7) is 2.32. The highest BCUT2D eigenvalue weighted by Gasteiger charge is 2.35. The SMILES string of the molecule is CCCCC[C@H]1CC[C@H]([C@H]2CC[C@H](C3CCC(OC4=C(N)CC(N)(O)C=C4)CC3)CC2)CC1. The van der Waals surface area contributed by atoms with Crippen molar-refractivity contribution >= 4 is 0 Å². The average Bonchev–Trinajstić information content (AvgIpc) is 2.82. The highest BCUT2D eigenvalue weighted by Crippen LogP contribution is 2.46. The Bertz CT molecular complexity index is 661. The van der Waals surface area contributed by atoms with Gasteiger partial charge in [-0.15, -0.1) is 0 Å². The van der Waals surface area contributed by atoms with Crippen LogP contribution in [0.5, 0.6) is 0 Å². The Morgan fingerprint density at radius 2 is 1.36 bits per heavy atom. The lowest BCUT2D eigenvalue weighted by Gasteiger charge is -2.41. The van der Waals surface area contributed by atoms with Gasteiger partial charge in [0, 0.05) is 6.42 Å². The van der Waals surface area contributed by atoms with Gasteiger partial charge in [0.2, 0.25) is 0 Å². The zero-order chi connectivity index (χ0) is 23.3. The number of nitrogens with two attached hydrogens (primary N) is 2. The van der Waals surface area contributed by atoms with Gasteiger partial charge in [0.25, 0.3) is 0 Å². The summed E-state index contributed by atoms with van der Waals surface area (Å²) in [6.07, 6.45) is 26.4. The van der Waals surface area contributed by atoms with E-state index < -0.39 is 5.72 Å². The Kier molecular flexibility index (Phi) is 8.84. The molecule has 0 aromatic rings. The molecule has 4 heteroatoms. The van der Waals surface area contributed by atoms with Crippen molar-refractivity contribution in [3.8, 4) is 0 Å². The van der Waals surface area contributed by atoms with Gasteiger partial charge in [-0.05, 0) is 106 Å². The fraction of sp³-hybridized carbons (Fsp3) is 0.862. The van der Waals surface area contributed by atoms with Crippen LogP contribution >= 0.6 is 0 Å². The van der Waals surface area contributed by atoms with Crippen molar-refractivity contribution in [3.05, 3.63) is 23.6 Å². The van der Waals surface area contributed by atoms with E-state index in [4.69, 9.17) is 16.2 Å². The maximum atomic E-state index is 9.92. The van der Waals surface area contributed by atoms with Gasteiger partial charge in [0.1, 0.15) is 11.5 Å². The fourth-order valence-corrected chi connectivity index (χ4v) is 7.47. The molecule has 0 saturated heterocycles. The largest absolute Gasteiger partial charge is 0.489 e. The molecule has 1 atom stereocenters. The standard InChI is InChI=1S/C29H50N2O2/c1-2-3-4-5-21-6-8-22(9-7-21)23-10-12-24(13-11-23)25-14-16-26(17-15-25)33-28-18-19-29(31,32)20-27(28)30/h18-19,21-26,32H,2-17,20,30-31H2,1H3/t21-,22-,23-,24-,25?,26?,29?. The molecule has 4 aliphatic rings.